The summed E-state index contributed by atoms with van der Waals surface area (Å²) in [7, 11) is 0. The van der Waals surface area contributed by atoms with Gasteiger partial charge in [-0.15, -0.1) is 0 Å². The van der Waals surface area contributed by atoms with E-state index in [1.807, 2.05) is 0 Å². The first kappa shape index (κ1) is 13.9. The van der Waals surface area contributed by atoms with Gasteiger partial charge in [-0.3, -0.25) is 0 Å². The van der Waals surface area contributed by atoms with Crippen LogP contribution >= 0.6 is 11.6 Å². The summed E-state index contributed by atoms with van der Waals surface area (Å²) in [5.74, 6) is 0.832. The van der Waals surface area contributed by atoms with E-state index < -0.39 is 0 Å². The van der Waals surface area contributed by atoms with Gasteiger partial charge in [0.25, 0.3) is 0 Å². The summed E-state index contributed by atoms with van der Waals surface area (Å²) in [5, 5.41) is 0.909. The fraction of sp³-hybridized carbons (Fsp3) is 0.625. The van der Waals surface area contributed by atoms with Crippen molar-refractivity contribution in [2.24, 2.45) is 5.92 Å². The SMILES string of the molecule is Cc1ccc(CC2CCN(C(C)C)CC2)cc1Cl. The maximum absolute atomic E-state index is 6.19. The Morgan fingerprint density at radius 1 is 1.28 bits per heavy atom. The molecule has 2 rings (SSSR count). The first-order chi connectivity index (χ1) is 8.56. The Morgan fingerprint density at radius 3 is 2.50 bits per heavy atom. The number of hydrogen-bond donors (Lipinski definition) is 0. The molecule has 0 aromatic heterocycles. The second kappa shape index (κ2) is 6.08. The number of hydrogen-bond acceptors (Lipinski definition) is 1. The van der Waals surface area contributed by atoms with Gasteiger partial charge in [-0.2, -0.15) is 0 Å². The predicted octanol–water partition coefficient (Wildman–Crippen LogP) is 4.31. The van der Waals surface area contributed by atoms with Crippen LogP contribution in [0, 0.1) is 12.8 Å². The Bertz CT molecular complexity index is 392. The molecule has 1 nitrogen and oxygen atoms in total. The van der Waals surface area contributed by atoms with Gasteiger partial charge in [0.1, 0.15) is 0 Å². The minimum Gasteiger partial charge on any atom is -0.301 e. The molecule has 1 heterocycles. The van der Waals surface area contributed by atoms with Crippen molar-refractivity contribution < 1.29 is 0 Å². The van der Waals surface area contributed by atoms with Gasteiger partial charge in [-0.05, 0) is 76.2 Å². The van der Waals surface area contributed by atoms with Crippen LogP contribution in [0.4, 0.5) is 0 Å². The van der Waals surface area contributed by atoms with Crippen LogP contribution in [0.15, 0.2) is 18.2 Å². The molecular weight excluding hydrogens is 242 g/mol. The average Bonchev–Trinajstić information content (AvgIpc) is 2.34. The fourth-order valence-corrected chi connectivity index (χ4v) is 2.97. The van der Waals surface area contributed by atoms with Crippen molar-refractivity contribution in [2.45, 2.75) is 46.1 Å². The molecule has 2 heteroatoms. The average molecular weight is 266 g/mol. The fourth-order valence-electron chi connectivity index (χ4n) is 2.77. The molecule has 1 fully saturated rings. The van der Waals surface area contributed by atoms with Gasteiger partial charge >= 0.3 is 0 Å². The number of likely N-dealkylation sites (tertiary alicyclic amines) is 1. The van der Waals surface area contributed by atoms with Crippen molar-refractivity contribution in [3.63, 3.8) is 0 Å². The van der Waals surface area contributed by atoms with E-state index in [9.17, 15) is 0 Å². The van der Waals surface area contributed by atoms with Crippen molar-refractivity contribution >= 4 is 11.6 Å². The monoisotopic (exact) mass is 265 g/mol. The summed E-state index contributed by atoms with van der Waals surface area (Å²) in [5.41, 5.74) is 2.57. The predicted molar refractivity (Wildman–Crippen MR) is 79.3 cm³/mol. The van der Waals surface area contributed by atoms with Crippen molar-refractivity contribution in [3.05, 3.63) is 34.3 Å². The van der Waals surface area contributed by atoms with E-state index in [1.165, 1.54) is 43.5 Å². The number of piperidine rings is 1. The summed E-state index contributed by atoms with van der Waals surface area (Å²) >= 11 is 6.19. The normalized spacial score (nSPS) is 18.5. The Morgan fingerprint density at radius 2 is 1.94 bits per heavy atom. The molecule has 0 radical (unpaired) electrons. The molecule has 1 aliphatic rings. The van der Waals surface area contributed by atoms with Gasteiger partial charge in [0.2, 0.25) is 0 Å². The van der Waals surface area contributed by atoms with Gasteiger partial charge in [0.05, 0.1) is 0 Å². The van der Waals surface area contributed by atoms with Gasteiger partial charge in [0.15, 0.2) is 0 Å². The van der Waals surface area contributed by atoms with Crippen LogP contribution in [-0.4, -0.2) is 24.0 Å². The number of rotatable bonds is 3. The van der Waals surface area contributed by atoms with Crippen LogP contribution in [-0.2, 0) is 6.42 Å². The lowest BCUT2D eigenvalue weighted by Crippen LogP contribution is -2.38. The molecule has 0 atom stereocenters. The Labute approximate surface area is 116 Å². The van der Waals surface area contributed by atoms with E-state index in [1.54, 1.807) is 0 Å². The van der Waals surface area contributed by atoms with Crippen LogP contribution in [0.1, 0.15) is 37.8 Å². The van der Waals surface area contributed by atoms with Crippen LogP contribution in [0.2, 0.25) is 5.02 Å². The smallest absolute Gasteiger partial charge is 0.0437 e. The van der Waals surface area contributed by atoms with Crippen LogP contribution in [0.3, 0.4) is 0 Å². The summed E-state index contributed by atoms with van der Waals surface area (Å²) < 4.78 is 0. The minimum atomic E-state index is 0.694. The molecule has 0 unspecified atom stereocenters. The molecule has 1 aromatic rings. The number of aryl methyl sites for hydroxylation is 1. The molecule has 0 N–H and O–H groups in total. The Hall–Kier alpha value is -0.530. The summed E-state index contributed by atoms with van der Waals surface area (Å²) in [6, 6.07) is 7.21. The molecule has 0 spiro atoms. The molecule has 18 heavy (non-hydrogen) atoms. The van der Waals surface area contributed by atoms with Crippen molar-refractivity contribution in [1.29, 1.82) is 0 Å². The maximum Gasteiger partial charge on any atom is 0.0437 e. The molecule has 0 saturated carbocycles. The molecule has 0 amide bonds. The van der Waals surface area contributed by atoms with E-state index in [4.69, 9.17) is 11.6 Å². The molecule has 100 valence electrons. The second-order valence-electron chi connectivity index (χ2n) is 5.86. The highest BCUT2D eigenvalue weighted by Crippen LogP contribution is 2.25. The van der Waals surface area contributed by atoms with Crippen molar-refractivity contribution in [2.75, 3.05) is 13.1 Å². The molecule has 0 bridgehead atoms. The largest absolute Gasteiger partial charge is 0.301 e. The van der Waals surface area contributed by atoms with Crippen LogP contribution in [0.5, 0.6) is 0 Å². The highest BCUT2D eigenvalue weighted by Gasteiger charge is 2.20. The van der Waals surface area contributed by atoms with Gasteiger partial charge in [-0.1, -0.05) is 23.7 Å². The Kier molecular flexibility index (Phi) is 4.69. The Balaban J connectivity index is 1.89. The summed E-state index contributed by atoms with van der Waals surface area (Å²) in [6.07, 6.45) is 3.83. The molecule has 1 saturated heterocycles. The topological polar surface area (TPSA) is 3.24 Å². The molecular formula is C16H24ClN. The second-order valence-corrected chi connectivity index (χ2v) is 6.27. The third kappa shape index (κ3) is 3.49. The molecule has 1 aromatic carbocycles. The van der Waals surface area contributed by atoms with Gasteiger partial charge < -0.3 is 4.90 Å². The zero-order valence-electron chi connectivity index (χ0n) is 11.7. The maximum atomic E-state index is 6.19. The van der Waals surface area contributed by atoms with E-state index >= 15 is 0 Å². The molecule has 1 aliphatic heterocycles. The first-order valence-electron chi connectivity index (χ1n) is 7.05. The zero-order valence-corrected chi connectivity index (χ0v) is 12.5. The first-order valence-corrected chi connectivity index (χ1v) is 7.43. The highest BCUT2D eigenvalue weighted by molar-refractivity contribution is 6.31. The zero-order chi connectivity index (χ0) is 13.1. The number of nitrogens with zero attached hydrogens (tertiary/aromatic N) is 1. The van der Waals surface area contributed by atoms with Gasteiger partial charge in [-0.25, -0.2) is 0 Å². The van der Waals surface area contributed by atoms with Gasteiger partial charge in [0, 0.05) is 11.1 Å². The van der Waals surface area contributed by atoms with Crippen LogP contribution in [0.25, 0.3) is 0 Å². The third-order valence-electron chi connectivity index (χ3n) is 4.14. The summed E-state index contributed by atoms with van der Waals surface area (Å²) in [4.78, 5) is 2.58. The lowest BCUT2D eigenvalue weighted by molar-refractivity contribution is 0.149. The lowest BCUT2D eigenvalue weighted by atomic mass is 9.89. The highest BCUT2D eigenvalue weighted by atomic mass is 35.5. The quantitative estimate of drug-likeness (QED) is 0.787. The number of halogens is 1. The minimum absolute atomic E-state index is 0.694. The van der Waals surface area contributed by atoms with E-state index in [0.29, 0.717) is 6.04 Å². The molecule has 0 aliphatic carbocycles. The van der Waals surface area contributed by atoms with E-state index in [0.717, 1.165) is 10.9 Å². The number of benzene rings is 1. The van der Waals surface area contributed by atoms with E-state index in [2.05, 4.69) is 43.9 Å². The van der Waals surface area contributed by atoms with Crippen LogP contribution < -0.4 is 0 Å². The third-order valence-corrected chi connectivity index (χ3v) is 4.55. The summed E-state index contributed by atoms with van der Waals surface area (Å²) in [6.45, 7) is 9.15. The van der Waals surface area contributed by atoms with E-state index in [-0.39, 0.29) is 0 Å². The lowest BCUT2D eigenvalue weighted by Gasteiger charge is -2.34. The standard InChI is InChI=1S/C16H24ClN/c1-12(2)18-8-6-14(7-9-18)10-15-5-4-13(3)16(17)11-15/h4-5,11-12,14H,6-10H2,1-3H3. The van der Waals surface area contributed by atoms with Crippen molar-refractivity contribution in [3.8, 4) is 0 Å². The van der Waals surface area contributed by atoms with Crippen molar-refractivity contribution in [1.82, 2.24) is 4.90 Å².